The van der Waals surface area contributed by atoms with E-state index in [2.05, 4.69) is 42.5 Å². The number of amides is 2. The van der Waals surface area contributed by atoms with Crippen molar-refractivity contribution in [1.82, 2.24) is 10.6 Å². The van der Waals surface area contributed by atoms with E-state index in [9.17, 15) is 14.0 Å². The van der Waals surface area contributed by atoms with Gasteiger partial charge in [-0.15, -0.1) is 11.3 Å². The highest BCUT2D eigenvalue weighted by molar-refractivity contribution is 9.13. The number of carbonyl (C=O) groups excluding carboxylic acids is 2. The number of hydrogen-bond acceptors (Lipinski definition) is 3. The molecule has 2 N–H and O–H groups in total. The molecule has 0 atom stereocenters. The Morgan fingerprint density at radius 3 is 2.35 bits per heavy atom. The van der Waals surface area contributed by atoms with Gasteiger partial charge in [-0.3, -0.25) is 9.59 Å². The van der Waals surface area contributed by atoms with Gasteiger partial charge in [-0.05, 0) is 55.6 Å². The molecule has 0 unspecified atom stereocenters. The van der Waals surface area contributed by atoms with Gasteiger partial charge in [-0.2, -0.15) is 0 Å². The lowest BCUT2D eigenvalue weighted by Gasteiger charge is -2.06. The van der Waals surface area contributed by atoms with Crippen LogP contribution in [0.4, 0.5) is 4.39 Å². The number of carbonyl (C=O) groups is 2. The summed E-state index contributed by atoms with van der Waals surface area (Å²) in [6.45, 7) is 0.667. The summed E-state index contributed by atoms with van der Waals surface area (Å²) in [5.74, 6) is -0.689. The lowest BCUT2D eigenvalue weighted by Crippen LogP contribution is -2.35. The summed E-state index contributed by atoms with van der Waals surface area (Å²) in [5.41, 5.74) is 0.737. The number of nitrogens with one attached hydrogen (secondary N) is 2. The lowest BCUT2D eigenvalue weighted by molar-refractivity contribution is -0.120. The van der Waals surface area contributed by atoms with Gasteiger partial charge in [0.1, 0.15) is 5.82 Å². The van der Waals surface area contributed by atoms with Gasteiger partial charge < -0.3 is 10.6 Å². The molecule has 23 heavy (non-hydrogen) atoms. The van der Waals surface area contributed by atoms with Crippen LogP contribution in [-0.2, 0) is 11.2 Å². The Hall–Kier alpha value is -1.25. The van der Waals surface area contributed by atoms with Gasteiger partial charge in [0.25, 0.3) is 5.91 Å². The molecule has 0 spiro atoms. The summed E-state index contributed by atoms with van der Waals surface area (Å²) >= 11 is 7.99. The van der Waals surface area contributed by atoms with Gasteiger partial charge in [0.05, 0.1) is 15.1 Å². The molecule has 0 aliphatic carbocycles. The van der Waals surface area contributed by atoms with Crippen LogP contribution in [0.3, 0.4) is 0 Å². The molecule has 8 heteroatoms. The van der Waals surface area contributed by atoms with Gasteiger partial charge in [-0.25, -0.2) is 4.39 Å². The van der Waals surface area contributed by atoms with Crippen molar-refractivity contribution in [2.24, 2.45) is 0 Å². The van der Waals surface area contributed by atoms with E-state index in [4.69, 9.17) is 0 Å². The molecule has 1 aromatic heterocycles. The van der Waals surface area contributed by atoms with E-state index in [1.807, 2.05) is 0 Å². The minimum atomic E-state index is -0.330. The van der Waals surface area contributed by atoms with Crippen LogP contribution >= 0.6 is 43.2 Å². The molecule has 4 nitrogen and oxygen atoms in total. The maximum atomic E-state index is 12.8. The monoisotopic (exact) mass is 462 g/mol. The average molecular weight is 464 g/mol. The Kier molecular flexibility index (Phi) is 6.73. The SMILES string of the molecule is O=C(Cc1ccc(F)cc1)NCCNC(=O)c1cc(Br)c(Br)s1. The van der Waals surface area contributed by atoms with E-state index in [-0.39, 0.29) is 24.1 Å². The van der Waals surface area contributed by atoms with Crippen molar-refractivity contribution in [3.05, 3.63) is 54.8 Å². The Morgan fingerprint density at radius 2 is 1.74 bits per heavy atom. The second-order valence-corrected chi connectivity index (χ2v) is 7.87. The standard InChI is InChI=1S/C15H13Br2FN2O2S/c16-11-8-12(23-14(11)17)15(22)20-6-5-19-13(21)7-9-1-3-10(18)4-2-9/h1-4,8H,5-7H2,(H,19,21)(H,20,22). The van der Waals surface area contributed by atoms with Crippen molar-refractivity contribution < 1.29 is 14.0 Å². The Balaban J connectivity index is 1.69. The topological polar surface area (TPSA) is 58.2 Å². The van der Waals surface area contributed by atoms with Crippen molar-refractivity contribution >= 4 is 55.0 Å². The van der Waals surface area contributed by atoms with Gasteiger partial charge in [0.15, 0.2) is 0 Å². The third kappa shape index (κ3) is 5.71. The van der Waals surface area contributed by atoms with Crippen LogP contribution in [0.15, 0.2) is 38.6 Å². The number of halogens is 3. The highest BCUT2D eigenvalue weighted by Crippen LogP contribution is 2.32. The van der Waals surface area contributed by atoms with E-state index in [1.165, 1.54) is 23.5 Å². The third-order valence-electron chi connectivity index (χ3n) is 2.88. The van der Waals surface area contributed by atoms with Crippen LogP contribution in [0, 0.1) is 5.82 Å². The highest BCUT2D eigenvalue weighted by Gasteiger charge is 2.11. The minimum absolute atomic E-state index is 0.174. The van der Waals surface area contributed by atoms with Gasteiger partial charge >= 0.3 is 0 Å². The Morgan fingerprint density at radius 1 is 1.09 bits per heavy atom. The molecule has 0 aliphatic rings. The van der Waals surface area contributed by atoms with E-state index in [1.54, 1.807) is 18.2 Å². The normalized spacial score (nSPS) is 10.4. The zero-order valence-electron chi connectivity index (χ0n) is 11.9. The first kappa shape index (κ1) is 18.1. The molecule has 0 radical (unpaired) electrons. The molecule has 0 saturated carbocycles. The van der Waals surface area contributed by atoms with Crippen LogP contribution in [0.1, 0.15) is 15.2 Å². The van der Waals surface area contributed by atoms with Crippen LogP contribution < -0.4 is 10.6 Å². The second kappa shape index (κ2) is 8.56. The summed E-state index contributed by atoms with van der Waals surface area (Å²) in [4.78, 5) is 24.2. The van der Waals surface area contributed by atoms with Gasteiger partial charge in [0, 0.05) is 17.6 Å². The molecule has 0 bridgehead atoms. The largest absolute Gasteiger partial charge is 0.354 e. The van der Waals surface area contributed by atoms with E-state index >= 15 is 0 Å². The summed E-state index contributed by atoms with van der Waals surface area (Å²) in [6.07, 6.45) is 0.180. The number of hydrogen-bond donors (Lipinski definition) is 2. The molecule has 0 aliphatic heterocycles. The predicted molar refractivity (Wildman–Crippen MR) is 95.2 cm³/mol. The minimum Gasteiger partial charge on any atom is -0.354 e. The highest BCUT2D eigenvalue weighted by atomic mass is 79.9. The van der Waals surface area contributed by atoms with Crippen molar-refractivity contribution in [3.8, 4) is 0 Å². The zero-order chi connectivity index (χ0) is 16.8. The molecule has 0 fully saturated rings. The molecular formula is C15H13Br2FN2O2S. The summed E-state index contributed by atoms with van der Waals surface area (Å²) in [5, 5.41) is 5.44. The first-order valence-corrected chi connectivity index (χ1v) is 9.10. The van der Waals surface area contributed by atoms with Crippen molar-refractivity contribution in [2.45, 2.75) is 6.42 Å². The smallest absolute Gasteiger partial charge is 0.261 e. The number of rotatable bonds is 6. The molecule has 2 rings (SSSR count). The fourth-order valence-corrected chi connectivity index (χ4v) is 3.73. The predicted octanol–water partition coefficient (Wildman–Crippen LogP) is 3.50. The van der Waals surface area contributed by atoms with Crippen LogP contribution in [0.25, 0.3) is 0 Å². The van der Waals surface area contributed by atoms with Crippen molar-refractivity contribution in [3.63, 3.8) is 0 Å². The first-order chi connectivity index (χ1) is 11.0. The molecule has 122 valence electrons. The summed E-state index contributed by atoms with van der Waals surface area (Å²) in [7, 11) is 0. The van der Waals surface area contributed by atoms with Crippen LogP contribution in [0.5, 0.6) is 0 Å². The lowest BCUT2D eigenvalue weighted by atomic mass is 10.1. The van der Waals surface area contributed by atoms with Crippen molar-refractivity contribution in [2.75, 3.05) is 13.1 Å². The number of benzene rings is 1. The van der Waals surface area contributed by atoms with Crippen LogP contribution in [-0.4, -0.2) is 24.9 Å². The van der Waals surface area contributed by atoms with Gasteiger partial charge in [-0.1, -0.05) is 12.1 Å². The fourth-order valence-electron chi connectivity index (χ4n) is 1.77. The van der Waals surface area contributed by atoms with E-state index < -0.39 is 0 Å². The zero-order valence-corrected chi connectivity index (χ0v) is 15.9. The molecule has 0 saturated heterocycles. The molecular weight excluding hydrogens is 451 g/mol. The van der Waals surface area contributed by atoms with E-state index in [0.29, 0.717) is 18.0 Å². The second-order valence-electron chi connectivity index (χ2n) is 4.64. The Bertz CT molecular complexity index is 685. The fraction of sp³-hybridized carbons (Fsp3) is 0.200. The van der Waals surface area contributed by atoms with Crippen LogP contribution in [0.2, 0.25) is 0 Å². The average Bonchev–Trinajstić information content (AvgIpc) is 2.85. The molecule has 2 aromatic rings. The maximum absolute atomic E-state index is 12.8. The quantitative estimate of drug-likeness (QED) is 0.644. The van der Waals surface area contributed by atoms with Gasteiger partial charge in [0.2, 0.25) is 5.91 Å². The molecule has 2 amide bonds. The Labute approximate surface area is 153 Å². The third-order valence-corrected chi connectivity index (χ3v) is 6.13. The maximum Gasteiger partial charge on any atom is 0.261 e. The molecule has 1 heterocycles. The summed E-state index contributed by atoms with van der Waals surface area (Å²) in [6, 6.07) is 7.52. The number of thiophene rings is 1. The molecule has 1 aromatic carbocycles. The summed E-state index contributed by atoms with van der Waals surface area (Å²) < 4.78 is 14.5. The first-order valence-electron chi connectivity index (χ1n) is 6.70. The van der Waals surface area contributed by atoms with Crippen molar-refractivity contribution in [1.29, 1.82) is 0 Å². The van der Waals surface area contributed by atoms with E-state index in [0.717, 1.165) is 13.8 Å².